The summed E-state index contributed by atoms with van der Waals surface area (Å²) >= 11 is -1.37. The van der Waals surface area contributed by atoms with E-state index in [1.165, 1.54) is 57.8 Å². The number of carbonyl (C=O) groups is 1. The molecule has 0 aliphatic carbocycles. The summed E-state index contributed by atoms with van der Waals surface area (Å²) in [5, 5.41) is 0. The molecule has 0 aromatic rings. The molecule has 0 fully saturated rings. The normalized spacial score (nSPS) is 10.1. The molecule has 0 unspecified atom stereocenters. The number of carbonyl (C=O) groups excluding carboxylic acids is 1. The summed E-state index contributed by atoms with van der Waals surface area (Å²) in [5.41, 5.74) is 0. The molecule has 0 heterocycles. The Morgan fingerprint density at radius 2 is 1.28 bits per heavy atom. The van der Waals surface area contributed by atoms with Crippen LogP contribution in [0.5, 0.6) is 0 Å². The third-order valence-electron chi connectivity index (χ3n) is 3.16. The average Bonchev–Trinajstić information content (AvgIpc) is 2.36. The van der Waals surface area contributed by atoms with Crippen LogP contribution in [0, 0.1) is 0 Å². The van der Waals surface area contributed by atoms with Crippen LogP contribution in [0.1, 0.15) is 84.0 Å². The molecule has 18 heavy (non-hydrogen) atoms. The van der Waals surface area contributed by atoms with Crippen LogP contribution < -0.4 is 0 Å². The van der Waals surface area contributed by atoms with E-state index in [0.29, 0.717) is 6.42 Å². The molecule has 0 radical (unpaired) electrons. The molecule has 3 nitrogen and oxygen atoms in total. The quantitative estimate of drug-likeness (QED) is 0.372. The maximum absolute atomic E-state index is 10.9. The van der Waals surface area contributed by atoms with Gasteiger partial charge in [-0.2, -0.15) is 0 Å². The molecule has 0 amide bonds. The van der Waals surface area contributed by atoms with Gasteiger partial charge in [0.2, 0.25) is 0 Å². The molecule has 0 atom stereocenters. The number of rotatable bonds is 13. The van der Waals surface area contributed by atoms with Gasteiger partial charge in [-0.1, -0.05) is 19.8 Å². The van der Waals surface area contributed by atoms with Crippen LogP contribution in [-0.4, -0.2) is 21.5 Å². The van der Waals surface area contributed by atoms with E-state index in [1.807, 2.05) is 0 Å². The van der Waals surface area contributed by atoms with Crippen molar-refractivity contribution in [1.82, 2.24) is 0 Å². The van der Waals surface area contributed by atoms with E-state index in [2.05, 4.69) is 10.7 Å². The minimum absolute atomic E-state index is 0.309. The minimum atomic E-state index is -1.37. The first-order chi connectivity index (χ1) is 8.81. The van der Waals surface area contributed by atoms with Crippen LogP contribution in [0.3, 0.4) is 0 Å². The monoisotopic (exact) mass is 270 g/mol. The van der Waals surface area contributed by atoms with Crippen LogP contribution in [0.4, 0.5) is 0 Å². The molecule has 0 spiro atoms. The van der Waals surface area contributed by atoms with E-state index in [4.69, 9.17) is 0 Å². The number of hydrogen-bond acceptors (Lipinski definition) is 3. The molecule has 0 rings (SSSR count). The Labute approximate surface area is 118 Å². The van der Waals surface area contributed by atoms with Gasteiger partial charge in [0.05, 0.1) is 0 Å². The fourth-order valence-corrected chi connectivity index (χ4v) is 2.27. The van der Waals surface area contributed by atoms with E-state index in [9.17, 15) is 8.60 Å². The van der Waals surface area contributed by atoms with E-state index in [0.717, 1.165) is 12.8 Å². The molecule has 0 aromatic carbocycles. The van der Waals surface area contributed by atoms with Crippen molar-refractivity contribution < 1.29 is 12.4 Å². The Kier molecular flexibility index (Phi) is 14.7. The van der Waals surface area contributed by atoms with E-state index in [1.54, 1.807) is 0 Å². The van der Waals surface area contributed by atoms with Crippen molar-refractivity contribution in [3.8, 4) is 0 Å². The van der Waals surface area contributed by atoms with Crippen molar-refractivity contribution in [2.45, 2.75) is 84.0 Å². The van der Waals surface area contributed by atoms with Gasteiger partial charge in [-0.25, -0.2) is 0 Å². The molecular weight excluding hydrogens is 243 g/mol. The van der Waals surface area contributed by atoms with Gasteiger partial charge in [0.1, 0.15) is 0 Å². The van der Waals surface area contributed by atoms with Crippen LogP contribution >= 0.6 is 0 Å². The summed E-state index contributed by atoms with van der Waals surface area (Å²) in [6, 6.07) is 0. The van der Waals surface area contributed by atoms with E-state index >= 15 is 0 Å². The van der Waals surface area contributed by atoms with Crippen LogP contribution in [0.2, 0.25) is 0 Å². The topological polar surface area (TPSA) is 43.4 Å². The summed E-state index contributed by atoms with van der Waals surface area (Å²) in [6.45, 7) is 2.24. The van der Waals surface area contributed by atoms with E-state index < -0.39 is 15.5 Å². The SMILES string of the molecule is CCCCCCCCCCCCCC(=O)[O][Al]=[O]. The van der Waals surface area contributed by atoms with Crippen LogP contribution in [-0.2, 0) is 12.4 Å². The third-order valence-corrected chi connectivity index (χ3v) is 3.52. The molecule has 0 saturated heterocycles. The molecule has 0 bridgehead atoms. The molecule has 104 valence electrons. The Hall–Kier alpha value is -0.198. The first-order valence-corrected chi connectivity index (χ1v) is 8.38. The second kappa shape index (κ2) is 14.9. The molecule has 0 aromatic heterocycles. The molecule has 0 aliphatic rings. The van der Waals surface area contributed by atoms with Gasteiger partial charge in [-0.05, 0) is 0 Å². The summed E-state index contributed by atoms with van der Waals surface area (Å²) in [7, 11) is 0. The van der Waals surface area contributed by atoms with Crippen LogP contribution in [0.15, 0.2) is 0 Å². The summed E-state index contributed by atoms with van der Waals surface area (Å²) < 4.78 is 14.5. The van der Waals surface area contributed by atoms with Gasteiger partial charge in [0.25, 0.3) is 0 Å². The first-order valence-electron chi connectivity index (χ1n) is 7.44. The van der Waals surface area contributed by atoms with Gasteiger partial charge < -0.3 is 0 Å². The first kappa shape index (κ1) is 17.8. The third kappa shape index (κ3) is 13.9. The van der Waals surface area contributed by atoms with Crippen LogP contribution in [0.25, 0.3) is 0 Å². The molecule has 4 heteroatoms. The molecule has 0 N–H and O–H groups in total. The zero-order chi connectivity index (χ0) is 13.5. The fourth-order valence-electron chi connectivity index (χ4n) is 2.05. The van der Waals surface area contributed by atoms with Crippen molar-refractivity contribution in [2.24, 2.45) is 0 Å². The average molecular weight is 270 g/mol. The molecule has 0 saturated carbocycles. The van der Waals surface area contributed by atoms with Gasteiger partial charge >= 0.3 is 98.1 Å². The van der Waals surface area contributed by atoms with Crippen molar-refractivity contribution in [3.63, 3.8) is 0 Å². The summed E-state index contributed by atoms with van der Waals surface area (Å²) in [5.74, 6) is -0.309. The summed E-state index contributed by atoms with van der Waals surface area (Å²) in [4.78, 5) is 10.9. The predicted octanol–water partition coefficient (Wildman–Crippen LogP) is 4.20. The van der Waals surface area contributed by atoms with Gasteiger partial charge in [0, 0.05) is 0 Å². The zero-order valence-corrected chi connectivity index (χ0v) is 12.9. The van der Waals surface area contributed by atoms with Crippen molar-refractivity contribution in [1.29, 1.82) is 0 Å². The maximum atomic E-state index is 10.9. The zero-order valence-electron chi connectivity index (χ0n) is 11.8. The van der Waals surface area contributed by atoms with Crippen molar-refractivity contribution in [3.05, 3.63) is 0 Å². The van der Waals surface area contributed by atoms with E-state index in [-0.39, 0.29) is 5.97 Å². The van der Waals surface area contributed by atoms with Gasteiger partial charge in [0.15, 0.2) is 0 Å². The second-order valence-electron chi connectivity index (χ2n) is 4.87. The Morgan fingerprint density at radius 3 is 1.72 bits per heavy atom. The van der Waals surface area contributed by atoms with Gasteiger partial charge in [-0.3, -0.25) is 0 Å². The van der Waals surface area contributed by atoms with Crippen molar-refractivity contribution in [2.75, 3.05) is 0 Å². The number of hydrogen-bond donors (Lipinski definition) is 0. The Morgan fingerprint density at radius 1 is 0.833 bits per heavy atom. The number of unbranched alkanes of at least 4 members (excludes halogenated alkanes) is 10. The van der Waals surface area contributed by atoms with Crippen molar-refractivity contribution >= 4 is 21.5 Å². The second-order valence-corrected chi connectivity index (χ2v) is 5.30. The molecular formula is C14H27AlO3. The summed E-state index contributed by atoms with van der Waals surface area (Å²) in [6.07, 6.45) is 14.4. The standard InChI is InChI=1S/C14H28O2.Al.O/c1-2-3-4-5-6-7-8-9-10-11-12-13-14(15)16;;/h2-13H2,1H3,(H,15,16);;/q;+1;/p-1. The Balaban J connectivity index is 3.03. The molecule has 0 aliphatic heterocycles. The van der Waals surface area contributed by atoms with Gasteiger partial charge in [-0.15, -0.1) is 0 Å². The fraction of sp³-hybridized carbons (Fsp3) is 0.929. The Bertz CT molecular complexity index is 207. The predicted molar refractivity (Wildman–Crippen MR) is 73.6 cm³/mol.